The minimum atomic E-state index is 0.529. The second kappa shape index (κ2) is 14.1. The van der Waals surface area contributed by atoms with Crippen molar-refractivity contribution in [2.24, 2.45) is 0 Å². The molecule has 0 aliphatic rings. The molecule has 0 unspecified atom stereocenters. The van der Waals surface area contributed by atoms with Crippen LogP contribution < -0.4 is 0 Å². The first kappa shape index (κ1) is 31.3. The van der Waals surface area contributed by atoms with Gasteiger partial charge in [0.05, 0.1) is 34.2 Å². The molecule has 0 fully saturated rings. The van der Waals surface area contributed by atoms with Gasteiger partial charge in [-0.15, -0.1) is 0 Å². The summed E-state index contributed by atoms with van der Waals surface area (Å²) in [6, 6.07) is 4.21. The van der Waals surface area contributed by atoms with E-state index in [1.54, 1.807) is 0 Å². The van der Waals surface area contributed by atoms with Gasteiger partial charge in [0.1, 0.15) is 0 Å². The van der Waals surface area contributed by atoms with E-state index >= 15 is 0 Å². The van der Waals surface area contributed by atoms with E-state index in [4.69, 9.17) is 0 Å². The second-order valence-electron chi connectivity index (χ2n) is 10.9. The lowest BCUT2D eigenvalue weighted by atomic mass is 9.89. The number of aromatic nitrogens is 6. The zero-order valence-electron chi connectivity index (χ0n) is 25.1. The van der Waals surface area contributed by atoms with E-state index < -0.39 is 0 Å². The summed E-state index contributed by atoms with van der Waals surface area (Å²) in [5.41, 5.74) is 11.6. The molecule has 198 valence electrons. The van der Waals surface area contributed by atoms with Gasteiger partial charge in [-0.2, -0.15) is 30.6 Å². The molecule has 0 amide bonds. The third-order valence-corrected chi connectivity index (χ3v) is 6.10. The van der Waals surface area contributed by atoms with E-state index in [9.17, 15) is 0 Å². The molecule has 6 heteroatoms. The van der Waals surface area contributed by atoms with Gasteiger partial charge in [0, 0.05) is 0 Å². The highest BCUT2D eigenvalue weighted by atomic mass is 15.1. The molecule has 0 saturated heterocycles. The van der Waals surface area contributed by atoms with Crippen LogP contribution in [0.4, 0.5) is 0 Å². The highest BCUT2D eigenvalue weighted by Crippen LogP contribution is 2.29. The molecule has 36 heavy (non-hydrogen) atoms. The lowest BCUT2D eigenvalue weighted by Crippen LogP contribution is -2.08. The van der Waals surface area contributed by atoms with E-state index in [-0.39, 0.29) is 0 Å². The van der Waals surface area contributed by atoms with Crippen LogP contribution in [0.1, 0.15) is 135 Å². The van der Waals surface area contributed by atoms with Gasteiger partial charge >= 0.3 is 0 Å². The Morgan fingerprint density at radius 3 is 0.889 bits per heavy atom. The van der Waals surface area contributed by atoms with Crippen molar-refractivity contribution >= 4 is 0 Å². The third kappa shape index (κ3) is 9.03. The maximum atomic E-state index is 4.19. The quantitative estimate of drug-likeness (QED) is 0.370. The van der Waals surface area contributed by atoms with Gasteiger partial charge in [0.15, 0.2) is 0 Å². The summed E-state index contributed by atoms with van der Waals surface area (Å²) in [6.07, 6.45) is 0. The Labute approximate surface area is 219 Å². The van der Waals surface area contributed by atoms with Crippen LogP contribution in [0.3, 0.4) is 0 Å². The molecule has 3 aromatic heterocycles. The van der Waals surface area contributed by atoms with Crippen LogP contribution in [0, 0.1) is 41.5 Å². The van der Waals surface area contributed by atoms with Gasteiger partial charge in [-0.3, -0.25) is 0 Å². The normalized spacial score (nSPS) is 10.9. The molecule has 0 N–H and O–H groups in total. The molecule has 0 bridgehead atoms. The van der Waals surface area contributed by atoms with Crippen molar-refractivity contribution in [1.82, 2.24) is 30.6 Å². The molecule has 6 nitrogen and oxygen atoms in total. The number of hydrogen-bond acceptors (Lipinski definition) is 6. The average Bonchev–Trinajstić information content (AvgIpc) is 2.78. The van der Waals surface area contributed by atoms with Gasteiger partial charge < -0.3 is 0 Å². The van der Waals surface area contributed by atoms with Gasteiger partial charge in [-0.1, -0.05) is 55.4 Å². The van der Waals surface area contributed by atoms with Crippen LogP contribution in [0.15, 0.2) is 12.1 Å². The molecule has 0 radical (unpaired) electrons. The fourth-order valence-corrected chi connectivity index (χ4v) is 4.41. The van der Waals surface area contributed by atoms with Crippen LogP contribution >= 0.6 is 0 Å². The number of hydrogen-bond donors (Lipinski definition) is 0. The van der Waals surface area contributed by atoms with Crippen LogP contribution in [0.2, 0.25) is 0 Å². The van der Waals surface area contributed by atoms with Crippen molar-refractivity contribution in [3.05, 3.63) is 68.6 Å². The smallest absolute Gasteiger partial charge is 0.0637 e. The van der Waals surface area contributed by atoms with Gasteiger partial charge in [-0.05, 0) is 99.6 Å². The second-order valence-corrected chi connectivity index (χ2v) is 10.9. The Bertz CT molecular complexity index is 1030. The Morgan fingerprint density at radius 2 is 0.667 bits per heavy atom. The first-order chi connectivity index (χ1) is 16.7. The van der Waals surface area contributed by atoms with Gasteiger partial charge in [0.25, 0.3) is 0 Å². The summed E-state index contributed by atoms with van der Waals surface area (Å²) >= 11 is 0. The molecular formula is C30H48N6. The van der Waals surface area contributed by atoms with E-state index in [0.29, 0.717) is 23.7 Å². The molecule has 0 aliphatic heterocycles. The molecule has 0 atom stereocenters. The predicted octanol–water partition coefficient (Wildman–Crippen LogP) is 7.77. The van der Waals surface area contributed by atoms with Crippen LogP contribution in [-0.4, -0.2) is 30.6 Å². The fourth-order valence-electron chi connectivity index (χ4n) is 4.41. The summed E-state index contributed by atoms with van der Waals surface area (Å²) in [6.45, 7) is 29.6. The first-order valence-corrected chi connectivity index (χ1v) is 13.1. The zero-order chi connectivity index (χ0) is 27.7. The highest BCUT2D eigenvalue weighted by Gasteiger charge is 2.16. The molecule has 3 rings (SSSR count). The van der Waals surface area contributed by atoms with Crippen molar-refractivity contribution < 1.29 is 0 Å². The minimum absolute atomic E-state index is 0.529. The van der Waals surface area contributed by atoms with Crippen molar-refractivity contribution in [2.75, 3.05) is 0 Å². The highest BCUT2D eigenvalue weighted by molar-refractivity contribution is 5.36. The van der Waals surface area contributed by atoms with Gasteiger partial charge in [-0.25, -0.2) is 0 Å². The van der Waals surface area contributed by atoms with Crippen LogP contribution in [0.5, 0.6) is 0 Å². The lowest BCUT2D eigenvalue weighted by molar-refractivity contribution is 0.735. The average molecular weight is 493 g/mol. The summed E-state index contributed by atoms with van der Waals surface area (Å²) in [4.78, 5) is 0. The standard InChI is InChI=1S/C12H20N2.2C9H14N2/c1-7(2)11-9(5)13-14-10(6)12(11)8(3)4;2*1-6(2)9-5-7(3)10-11-8(9)4/h7-8H,1-6H3;2*5-6H,1-4H3. The topological polar surface area (TPSA) is 77.3 Å². The van der Waals surface area contributed by atoms with E-state index in [1.807, 2.05) is 41.5 Å². The van der Waals surface area contributed by atoms with Crippen molar-refractivity contribution in [3.63, 3.8) is 0 Å². The Hall–Kier alpha value is -2.76. The summed E-state index contributed by atoms with van der Waals surface area (Å²) in [7, 11) is 0. The number of rotatable bonds is 4. The minimum Gasteiger partial charge on any atom is -0.156 e. The SMILES string of the molecule is Cc1cc(C(C)C)c(C)nn1.Cc1cc(C(C)C)c(C)nn1.Cc1nnc(C)c(C(C)C)c1C(C)C. The molecule has 3 heterocycles. The van der Waals surface area contributed by atoms with E-state index in [1.165, 1.54) is 22.3 Å². The molecule has 0 aromatic carbocycles. The Balaban J connectivity index is 0.000000273. The first-order valence-electron chi connectivity index (χ1n) is 13.1. The maximum absolute atomic E-state index is 4.19. The summed E-state index contributed by atoms with van der Waals surface area (Å²) in [5, 5.41) is 24.4. The molecule has 3 aromatic rings. The predicted molar refractivity (Wildman–Crippen MR) is 151 cm³/mol. The third-order valence-electron chi connectivity index (χ3n) is 6.10. The number of nitrogens with zero attached hydrogens (tertiary/aromatic N) is 6. The van der Waals surface area contributed by atoms with Crippen molar-refractivity contribution in [2.45, 2.75) is 121 Å². The molecule has 0 saturated carbocycles. The maximum Gasteiger partial charge on any atom is 0.0637 e. The molecular weight excluding hydrogens is 444 g/mol. The van der Waals surface area contributed by atoms with Gasteiger partial charge in [0.2, 0.25) is 0 Å². The van der Waals surface area contributed by atoms with Crippen LogP contribution in [0.25, 0.3) is 0 Å². The summed E-state index contributed by atoms with van der Waals surface area (Å²) in [5.74, 6) is 2.15. The lowest BCUT2D eigenvalue weighted by Gasteiger charge is -2.19. The van der Waals surface area contributed by atoms with E-state index in [0.717, 1.165) is 34.2 Å². The summed E-state index contributed by atoms with van der Waals surface area (Å²) < 4.78 is 0. The zero-order valence-corrected chi connectivity index (χ0v) is 25.1. The molecule has 0 spiro atoms. The molecule has 0 aliphatic carbocycles. The monoisotopic (exact) mass is 492 g/mol. The van der Waals surface area contributed by atoms with E-state index in [2.05, 4.69) is 98.1 Å². The number of aryl methyl sites for hydroxylation is 6. The Kier molecular flexibility index (Phi) is 12.2. The Morgan fingerprint density at radius 1 is 0.389 bits per heavy atom. The van der Waals surface area contributed by atoms with Crippen LogP contribution in [-0.2, 0) is 0 Å². The largest absolute Gasteiger partial charge is 0.156 e. The van der Waals surface area contributed by atoms with Crippen molar-refractivity contribution in [3.8, 4) is 0 Å². The fraction of sp³-hybridized carbons (Fsp3) is 0.600. The van der Waals surface area contributed by atoms with Crippen molar-refractivity contribution in [1.29, 1.82) is 0 Å².